The summed E-state index contributed by atoms with van der Waals surface area (Å²) in [5, 5.41) is 2.02. The van der Waals surface area contributed by atoms with Gasteiger partial charge < -0.3 is 9.80 Å². The highest BCUT2D eigenvalue weighted by molar-refractivity contribution is 8.93. The molecule has 0 unspecified atom stereocenters. The molecule has 1 aliphatic heterocycles. The summed E-state index contributed by atoms with van der Waals surface area (Å²) in [5.41, 5.74) is 1.97. The Morgan fingerprint density at radius 3 is 2.40 bits per heavy atom. The van der Waals surface area contributed by atoms with Crippen molar-refractivity contribution in [3.8, 4) is 0 Å². The highest BCUT2D eigenvalue weighted by Crippen LogP contribution is 2.18. The zero-order valence-electron chi connectivity index (χ0n) is 11.9. The number of rotatable bonds is 6. The lowest BCUT2D eigenvalue weighted by Crippen LogP contribution is -2.23. The van der Waals surface area contributed by atoms with Crippen molar-refractivity contribution >= 4 is 40.2 Å². The van der Waals surface area contributed by atoms with Gasteiger partial charge in [0, 0.05) is 30.5 Å². The Hall–Kier alpha value is -0.940. The van der Waals surface area contributed by atoms with E-state index in [2.05, 4.69) is 18.7 Å². The molecule has 0 amide bonds. The summed E-state index contributed by atoms with van der Waals surface area (Å²) in [7, 11) is 0. The first-order valence-corrected chi connectivity index (χ1v) is 7.70. The van der Waals surface area contributed by atoms with Crippen LogP contribution in [0.15, 0.2) is 35.9 Å². The molecule has 1 aromatic carbocycles. The van der Waals surface area contributed by atoms with E-state index in [1.54, 1.807) is 11.8 Å². The summed E-state index contributed by atoms with van der Waals surface area (Å²) in [6.45, 7) is 6.72. The summed E-state index contributed by atoms with van der Waals surface area (Å²) in [6.07, 6.45) is 1.98. The van der Waals surface area contributed by atoms with Gasteiger partial charge in [-0.3, -0.25) is 4.79 Å². The van der Waals surface area contributed by atoms with E-state index in [0.717, 1.165) is 24.5 Å². The van der Waals surface area contributed by atoms with Crippen molar-refractivity contribution < 1.29 is 4.79 Å². The molecule has 0 bridgehead atoms. The number of thioether (sulfide) groups is 1. The smallest absolute Gasteiger partial charge is 0.182 e. The molecule has 3 nitrogen and oxygen atoms in total. The SMILES string of the molecule is Br.CCN(CC)c1ccc(C(=O)CN2C=CSC2)cc1. The van der Waals surface area contributed by atoms with Gasteiger partial charge in [0.05, 0.1) is 12.4 Å². The molecule has 0 radical (unpaired) electrons. The van der Waals surface area contributed by atoms with Crippen LogP contribution in [0.3, 0.4) is 0 Å². The van der Waals surface area contributed by atoms with Crippen LogP contribution in [-0.2, 0) is 0 Å². The molecular weight excluding hydrogens is 336 g/mol. The predicted octanol–water partition coefficient (Wildman–Crippen LogP) is 3.77. The normalized spacial score (nSPS) is 13.2. The first kappa shape index (κ1) is 17.1. The van der Waals surface area contributed by atoms with Crippen molar-refractivity contribution in [3.05, 3.63) is 41.4 Å². The van der Waals surface area contributed by atoms with Gasteiger partial charge in [0.15, 0.2) is 5.78 Å². The number of carbonyl (C=O) groups excluding carboxylic acids is 1. The Labute approximate surface area is 135 Å². The van der Waals surface area contributed by atoms with Gasteiger partial charge in [-0.15, -0.1) is 28.7 Å². The fourth-order valence-electron chi connectivity index (χ4n) is 2.13. The highest BCUT2D eigenvalue weighted by Gasteiger charge is 2.12. The third-order valence-corrected chi connectivity index (χ3v) is 4.07. The number of hydrogen-bond donors (Lipinski definition) is 0. The average Bonchev–Trinajstić information content (AvgIpc) is 2.94. The number of hydrogen-bond acceptors (Lipinski definition) is 4. The molecule has 0 N–H and O–H groups in total. The predicted molar refractivity (Wildman–Crippen MR) is 93.0 cm³/mol. The average molecular weight is 357 g/mol. The third-order valence-electron chi connectivity index (χ3n) is 3.27. The van der Waals surface area contributed by atoms with Crippen LogP contribution in [0.2, 0.25) is 0 Å². The van der Waals surface area contributed by atoms with Crippen LogP contribution in [0.1, 0.15) is 24.2 Å². The van der Waals surface area contributed by atoms with Crippen molar-refractivity contribution in [2.24, 2.45) is 0 Å². The molecule has 1 aromatic rings. The van der Waals surface area contributed by atoms with E-state index in [9.17, 15) is 4.79 Å². The zero-order valence-corrected chi connectivity index (χ0v) is 14.4. The molecule has 2 rings (SSSR count). The summed E-state index contributed by atoms with van der Waals surface area (Å²) in [4.78, 5) is 16.4. The Balaban J connectivity index is 0.00000200. The summed E-state index contributed by atoms with van der Waals surface area (Å²) in [6, 6.07) is 7.94. The standard InChI is InChI=1S/C15H20N2OS.BrH/c1-3-17(4-2)14-7-5-13(6-8-14)15(18)11-16-9-10-19-12-16;/h5-10H,3-4,11-12H2,1-2H3;1H. The van der Waals surface area contributed by atoms with Crippen molar-refractivity contribution in [1.82, 2.24) is 4.90 Å². The van der Waals surface area contributed by atoms with Gasteiger partial charge in [0.25, 0.3) is 0 Å². The monoisotopic (exact) mass is 356 g/mol. The number of benzene rings is 1. The van der Waals surface area contributed by atoms with E-state index in [0.29, 0.717) is 6.54 Å². The quantitative estimate of drug-likeness (QED) is 0.723. The first-order chi connectivity index (χ1) is 9.24. The number of Topliss-reactive ketones (excluding diaryl/α,β-unsaturated/α-hetero) is 1. The molecule has 0 spiro atoms. The molecule has 1 aliphatic rings. The lowest BCUT2D eigenvalue weighted by atomic mass is 10.1. The van der Waals surface area contributed by atoms with Gasteiger partial charge in [-0.05, 0) is 43.5 Å². The van der Waals surface area contributed by atoms with E-state index in [4.69, 9.17) is 0 Å². The number of anilines is 1. The Morgan fingerprint density at radius 1 is 1.25 bits per heavy atom. The fourth-order valence-corrected chi connectivity index (χ4v) is 2.84. The largest absolute Gasteiger partial charge is 0.372 e. The zero-order chi connectivity index (χ0) is 13.7. The lowest BCUT2D eigenvalue weighted by molar-refractivity contribution is 0.0963. The minimum absolute atomic E-state index is 0. The molecule has 0 saturated heterocycles. The summed E-state index contributed by atoms with van der Waals surface area (Å²) >= 11 is 1.72. The highest BCUT2D eigenvalue weighted by atomic mass is 79.9. The van der Waals surface area contributed by atoms with E-state index in [1.165, 1.54) is 5.69 Å². The molecule has 0 aromatic heterocycles. The lowest BCUT2D eigenvalue weighted by Gasteiger charge is -2.21. The molecular formula is C15H21BrN2OS. The van der Waals surface area contributed by atoms with E-state index in [-0.39, 0.29) is 22.8 Å². The first-order valence-electron chi connectivity index (χ1n) is 6.65. The molecule has 1 heterocycles. The summed E-state index contributed by atoms with van der Waals surface area (Å²) in [5.74, 6) is 1.06. The number of ketones is 1. The number of nitrogens with zero attached hydrogens (tertiary/aromatic N) is 2. The molecule has 0 aliphatic carbocycles. The van der Waals surface area contributed by atoms with E-state index in [1.807, 2.05) is 40.8 Å². The van der Waals surface area contributed by atoms with Crippen molar-refractivity contribution in [2.75, 3.05) is 30.4 Å². The van der Waals surface area contributed by atoms with Gasteiger partial charge >= 0.3 is 0 Å². The van der Waals surface area contributed by atoms with Crippen LogP contribution in [0.4, 0.5) is 5.69 Å². The molecule has 0 atom stereocenters. The third kappa shape index (κ3) is 4.28. The number of halogens is 1. The van der Waals surface area contributed by atoms with Crippen LogP contribution in [0, 0.1) is 0 Å². The molecule has 0 fully saturated rings. The van der Waals surface area contributed by atoms with Crippen LogP contribution in [0.5, 0.6) is 0 Å². The molecule has 0 saturated carbocycles. The minimum atomic E-state index is 0. The number of carbonyl (C=O) groups is 1. The topological polar surface area (TPSA) is 23.6 Å². The van der Waals surface area contributed by atoms with Gasteiger partial charge in [-0.1, -0.05) is 0 Å². The minimum Gasteiger partial charge on any atom is -0.372 e. The van der Waals surface area contributed by atoms with Crippen LogP contribution in [0.25, 0.3) is 0 Å². The summed E-state index contributed by atoms with van der Waals surface area (Å²) < 4.78 is 0. The van der Waals surface area contributed by atoms with Crippen LogP contribution in [-0.4, -0.2) is 36.2 Å². The second kappa shape index (κ2) is 8.37. The van der Waals surface area contributed by atoms with Gasteiger partial charge in [-0.2, -0.15) is 0 Å². The van der Waals surface area contributed by atoms with Crippen molar-refractivity contribution in [2.45, 2.75) is 13.8 Å². The molecule has 20 heavy (non-hydrogen) atoms. The molecule has 5 heteroatoms. The second-order valence-electron chi connectivity index (χ2n) is 4.47. The maximum atomic E-state index is 12.1. The van der Waals surface area contributed by atoms with Crippen molar-refractivity contribution in [1.29, 1.82) is 0 Å². The maximum absolute atomic E-state index is 12.1. The van der Waals surface area contributed by atoms with Crippen molar-refractivity contribution in [3.63, 3.8) is 0 Å². The van der Waals surface area contributed by atoms with E-state index >= 15 is 0 Å². The Kier molecular flexibility index (Phi) is 7.16. The Bertz CT molecular complexity index is 457. The van der Waals surface area contributed by atoms with E-state index < -0.39 is 0 Å². The van der Waals surface area contributed by atoms with Gasteiger partial charge in [0.2, 0.25) is 0 Å². The van der Waals surface area contributed by atoms with Gasteiger partial charge in [-0.25, -0.2) is 0 Å². The van der Waals surface area contributed by atoms with Gasteiger partial charge in [0.1, 0.15) is 0 Å². The van der Waals surface area contributed by atoms with Crippen LogP contribution >= 0.6 is 28.7 Å². The maximum Gasteiger partial charge on any atom is 0.182 e. The fraction of sp³-hybridized carbons (Fsp3) is 0.400. The molecule has 110 valence electrons. The second-order valence-corrected chi connectivity index (χ2v) is 5.33. The van der Waals surface area contributed by atoms with Crippen LogP contribution < -0.4 is 4.90 Å². The Morgan fingerprint density at radius 2 is 1.90 bits per heavy atom.